The van der Waals surface area contributed by atoms with Crippen molar-refractivity contribution in [3.05, 3.63) is 139 Å². The molecule has 3 aliphatic rings. The second kappa shape index (κ2) is 11.0. The first kappa shape index (κ1) is 29.8. The standard InChI is InChI=1S/C48H28N8/c1-2-10-26-18-34-33(17-25(26)9-1)41-49-42(34)54-44-37-21-29-13-5-6-14-30(29)22-38(37)46(51-44)56-48-40-24-32-16-8-7-15-31(32)23-39(40)47(52-48)55-45-36-20-28-12-4-3-11-27(28)19-35(36)43(50-45)53-41/h1-7,9-15,17-24H,8,16H2,(H2,49,50,51,52,53,54,55,56). The minimum absolute atomic E-state index is 0.586. The van der Waals surface area contributed by atoms with E-state index in [1.54, 1.807) is 0 Å². The van der Waals surface area contributed by atoms with Gasteiger partial charge in [0.15, 0.2) is 23.3 Å². The smallest absolute Gasteiger partial charge is 0.164 e. The minimum atomic E-state index is 0.586. The first-order valence-electron chi connectivity index (χ1n) is 18.9. The molecule has 8 heteroatoms. The zero-order valence-corrected chi connectivity index (χ0v) is 29.8. The summed E-state index contributed by atoms with van der Waals surface area (Å²) < 4.78 is 0. The summed E-state index contributed by atoms with van der Waals surface area (Å²) in [5.74, 6) is 2.39. The summed E-state index contributed by atoms with van der Waals surface area (Å²) in [6.07, 6.45) is 6.42. The van der Waals surface area contributed by atoms with Crippen LogP contribution in [0.5, 0.6) is 0 Å². The van der Waals surface area contributed by atoms with Crippen LogP contribution in [0, 0.1) is 0 Å². The van der Waals surface area contributed by atoms with E-state index in [0.29, 0.717) is 45.9 Å². The van der Waals surface area contributed by atoms with E-state index in [1.165, 1.54) is 11.1 Å². The van der Waals surface area contributed by atoms with E-state index >= 15 is 0 Å². The van der Waals surface area contributed by atoms with Gasteiger partial charge in [-0.15, -0.1) is 0 Å². The van der Waals surface area contributed by atoms with Crippen molar-refractivity contribution in [3.8, 4) is 45.6 Å². The molecule has 0 saturated carbocycles. The van der Waals surface area contributed by atoms with Crippen LogP contribution in [0.1, 0.15) is 17.5 Å². The summed E-state index contributed by atoms with van der Waals surface area (Å²) in [5.41, 5.74) is 8.97. The van der Waals surface area contributed by atoms with Crippen molar-refractivity contribution < 1.29 is 0 Å². The molecule has 0 saturated heterocycles. The largest absolute Gasteiger partial charge is 0.324 e. The number of hydrogen-bond donors (Lipinski definition) is 2. The third kappa shape index (κ3) is 4.35. The second-order valence-corrected chi connectivity index (χ2v) is 14.9. The second-order valence-electron chi connectivity index (χ2n) is 14.9. The average molecular weight is 717 g/mol. The highest BCUT2D eigenvalue weighted by atomic mass is 15.1. The predicted octanol–water partition coefficient (Wildman–Crippen LogP) is 11.3. The molecule has 0 atom stereocenters. The number of aryl methyl sites for hydroxylation is 1. The van der Waals surface area contributed by atoms with Crippen LogP contribution >= 0.6 is 0 Å². The molecule has 1 aliphatic carbocycles. The van der Waals surface area contributed by atoms with E-state index in [0.717, 1.165) is 89.0 Å². The number of aromatic nitrogens is 8. The first-order chi connectivity index (χ1) is 27.7. The van der Waals surface area contributed by atoms with E-state index in [1.807, 2.05) is 0 Å². The van der Waals surface area contributed by atoms with Gasteiger partial charge in [0.2, 0.25) is 0 Å². The molecule has 8 nitrogen and oxygen atoms in total. The van der Waals surface area contributed by atoms with Crippen LogP contribution in [0.2, 0.25) is 0 Å². The zero-order valence-electron chi connectivity index (χ0n) is 29.8. The highest BCUT2D eigenvalue weighted by molar-refractivity contribution is 6.13. The SMILES string of the molecule is C1=Cc2cc3c(cc2CC1)-c1nc-3nc2[nH]c(nc3nc(nc4[nH]c(n1)c1cc5ccccc5cc41)-c1cc4ccccc4cc1-3)c1cc3ccccc3cc21. The fourth-order valence-electron chi connectivity index (χ4n) is 8.78. The lowest BCUT2D eigenvalue weighted by atomic mass is 9.92. The molecular formula is C48H28N8. The molecule has 7 aromatic carbocycles. The third-order valence-electron chi connectivity index (χ3n) is 11.6. The number of nitrogens with zero attached hydrogens (tertiary/aromatic N) is 6. The summed E-state index contributed by atoms with van der Waals surface area (Å²) in [7, 11) is 0. The normalized spacial score (nSPS) is 13.1. The van der Waals surface area contributed by atoms with Crippen molar-refractivity contribution in [1.29, 1.82) is 0 Å². The van der Waals surface area contributed by atoms with Crippen LogP contribution in [0.15, 0.2) is 127 Å². The zero-order chi connectivity index (χ0) is 36.5. The van der Waals surface area contributed by atoms with Gasteiger partial charge in [0.05, 0.1) is 0 Å². The van der Waals surface area contributed by atoms with Gasteiger partial charge in [0.25, 0.3) is 0 Å². The molecule has 0 amide bonds. The quantitative estimate of drug-likeness (QED) is 0.162. The molecule has 0 fully saturated rings. The van der Waals surface area contributed by atoms with E-state index in [9.17, 15) is 0 Å². The molecule has 3 aromatic heterocycles. The topological polar surface area (TPSA) is 109 Å². The van der Waals surface area contributed by atoms with Gasteiger partial charge < -0.3 is 9.97 Å². The number of allylic oxidation sites excluding steroid dienone is 1. The number of H-pyrrole nitrogens is 2. The van der Waals surface area contributed by atoms with Crippen LogP contribution in [-0.4, -0.2) is 39.9 Å². The molecule has 13 rings (SSSR count). The highest BCUT2D eigenvalue weighted by Crippen LogP contribution is 2.41. The molecular weight excluding hydrogens is 689 g/mol. The van der Waals surface area contributed by atoms with Gasteiger partial charge in [0, 0.05) is 43.8 Å². The molecule has 8 bridgehead atoms. The average Bonchev–Trinajstić information content (AvgIpc) is 3.95. The molecule has 260 valence electrons. The third-order valence-corrected chi connectivity index (χ3v) is 11.6. The Balaban J connectivity index is 1.23. The van der Waals surface area contributed by atoms with Crippen molar-refractivity contribution in [3.63, 3.8) is 0 Å². The summed E-state index contributed by atoms with van der Waals surface area (Å²) in [5, 5.41) is 10.5. The maximum Gasteiger partial charge on any atom is 0.164 e. The lowest BCUT2D eigenvalue weighted by molar-refractivity contribution is 0.986. The monoisotopic (exact) mass is 716 g/mol. The van der Waals surface area contributed by atoms with Gasteiger partial charge in [-0.2, -0.15) is 0 Å². The van der Waals surface area contributed by atoms with Gasteiger partial charge in [-0.3, -0.25) is 0 Å². The number of hydrogen-bond acceptors (Lipinski definition) is 6. The molecule has 0 unspecified atom stereocenters. The number of aromatic amines is 2. The molecule has 0 radical (unpaired) electrons. The number of rotatable bonds is 0. The van der Waals surface area contributed by atoms with E-state index in [2.05, 4.69) is 143 Å². The number of fused-ring (bicyclic) bond motifs is 24. The Morgan fingerprint density at radius 3 is 1.14 bits per heavy atom. The minimum Gasteiger partial charge on any atom is -0.324 e. The fraction of sp³-hybridized carbons (Fsp3) is 0.0417. The molecule has 10 aromatic rings. The molecule has 5 heterocycles. The number of nitrogens with one attached hydrogen (secondary N) is 2. The van der Waals surface area contributed by atoms with Gasteiger partial charge in [-0.25, -0.2) is 29.9 Å². The summed E-state index contributed by atoms with van der Waals surface area (Å²) in [6, 6.07) is 42.7. The van der Waals surface area contributed by atoms with Crippen LogP contribution in [0.25, 0.3) is 128 Å². The van der Waals surface area contributed by atoms with E-state index < -0.39 is 0 Å². The van der Waals surface area contributed by atoms with Gasteiger partial charge in [0.1, 0.15) is 22.6 Å². The Morgan fingerprint density at radius 1 is 0.375 bits per heavy atom. The maximum absolute atomic E-state index is 5.33. The Morgan fingerprint density at radius 2 is 0.732 bits per heavy atom. The first-order valence-corrected chi connectivity index (χ1v) is 18.9. The van der Waals surface area contributed by atoms with Crippen molar-refractivity contribution in [2.45, 2.75) is 12.8 Å². The van der Waals surface area contributed by atoms with Crippen molar-refractivity contribution in [2.24, 2.45) is 0 Å². The van der Waals surface area contributed by atoms with Crippen molar-refractivity contribution >= 4 is 82.5 Å². The van der Waals surface area contributed by atoms with Crippen LogP contribution < -0.4 is 0 Å². The molecule has 2 aliphatic heterocycles. The van der Waals surface area contributed by atoms with Crippen LogP contribution in [-0.2, 0) is 6.42 Å². The summed E-state index contributed by atoms with van der Waals surface area (Å²) >= 11 is 0. The summed E-state index contributed by atoms with van der Waals surface area (Å²) in [4.78, 5) is 39.0. The summed E-state index contributed by atoms with van der Waals surface area (Å²) in [6.45, 7) is 0. The fourth-order valence-corrected chi connectivity index (χ4v) is 8.78. The van der Waals surface area contributed by atoms with Crippen LogP contribution in [0.4, 0.5) is 0 Å². The van der Waals surface area contributed by atoms with Crippen LogP contribution in [0.3, 0.4) is 0 Å². The maximum atomic E-state index is 5.33. The highest BCUT2D eigenvalue weighted by Gasteiger charge is 2.25. The van der Waals surface area contributed by atoms with Crippen molar-refractivity contribution in [2.75, 3.05) is 0 Å². The molecule has 2 N–H and O–H groups in total. The molecule has 56 heavy (non-hydrogen) atoms. The Labute approximate surface area is 318 Å². The molecule has 0 spiro atoms. The Bertz CT molecular complexity index is 3610. The van der Waals surface area contributed by atoms with E-state index in [4.69, 9.17) is 29.9 Å². The van der Waals surface area contributed by atoms with E-state index in [-0.39, 0.29) is 0 Å². The van der Waals surface area contributed by atoms with Crippen molar-refractivity contribution in [1.82, 2.24) is 39.9 Å². The Kier molecular flexibility index (Phi) is 5.85. The lowest BCUT2D eigenvalue weighted by Gasteiger charge is -2.12. The Hall–Kier alpha value is -7.58. The lowest BCUT2D eigenvalue weighted by Crippen LogP contribution is -1.95. The predicted molar refractivity (Wildman–Crippen MR) is 226 cm³/mol. The number of benzene rings is 7. The van der Waals surface area contributed by atoms with Gasteiger partial charge in [-0.05, 0) is 105 Å². The van der Waals surface area contributed by atoms with Gasteiger partial charge >= 0.3 is 0 Å². The van der Waals surface area contributed by atoms with Gasteiger partial charge in [-0.1, -0.05) is 84.9 Å².